The van der Waals surface area contributed by atoms with E-state index >= 15 is 0 Å². The van der Waals surface area contributed by atoms with Crippen LogP contribution in [0.25, 0.3) is 10.9 Å². The summed E-state index contributed by atoms with van der Waals surface area (Å²) >= 11 is 0. The van der Waals surface area contributed by atoms with E-state index in [0.717, 1.165) is 25.0 Å². The number of benzene rings is 1. The number of hydrogen-bond acceptors (Lipinski definition) is 2. The number of nitrogens with one attached hydrogen (secondary N) is 1. The molecular weight excluding hydrogens is 245 g/mol. The Bertz CT molecular complexity index is 671. The number of alkyl halides is 3. The Morgan fingerprint density at radius 3 is 2.61 bits per heavy atom. The summed E-state index contributed by atoms with van der Waals surface area (Å²) in [5.41, 5.74) is -0.562. The fraction of sp³-hybridized carbons (Fsp3) is 0.333. The second-order valence-electron chi connectivity index (χ2n) is 4.46. The number of aromatic amines is 1. The summed E-state index contributed by atoms with van der Waals surface area (Å²) in [6.45, 7) is 0. The molecule has 0 bridgehead atoms. The van der Waals surface area contributed by atoms with Crippen LogP contribution in [0.4, 0.5) is 13.2 Å². The van der Waals surface area contributed by atoms with Crippen LogP contribution in [0.1, 0.15) is 30.0 Å². The van der Waals surface area contributed by atoms with Crippen molar-refractivity contribution in [2.24, 2.45) is 0 Å². The molecule has 1 fully saturated rings. The maximum absolute atomic E-state index is 12.6. The van der Waals surface area contributed by atoms with Gasteiger partial charge in [0.25, 0.3) is 0 Å². The molecule has 18 heavy (non-hydrogen) atoms. The molecule has 1 N–H and O–H groups in total. The van der Waals surface area contributed by atoms with E-state index in [1.807, 2.05) is 0 Å². The van der Waals surface area contributed by atoms with Crippen LogP contribution >= 0.6 is 0 Å². The third-order valence-electron chi connectivity index (χ3n) is 3.06. The molecule has 94 valence electrons. The lowest BCUT2D eigenvalue weighted by Gasteiger charge is -2.09. The van der Waals surface area contributed by atoms with Gasteiger partial charge in [0.2, 0.25) is 0 Å². The lowest BCUT2D eigenvalue weighted by molar-refractivity contribution is -0.137. The zero-order valence-electron chi connectivity index (χ0n) is 9.21. The number of hydrogen-bond donors (Lipinski definition) is 1. The van der Waals surface area contributed by atoms with Crippen molar-refractivity contribution in [3.8, 4) is 0 Å². The van der Waals surface area contributed by atoms with Gasteiger partial charge in [-0.1, -0.05) is 6.07 Å². The van der Waals surface area contributed by atoms with E-state index in [1.54, 1.807) is 0 Å². The minimum Gasteiger partial charge on any atom is -0.309 e. The van der Waals surface area contributed by atoms with Crippen LogP contribution in [-0.4, -0.2) is 9.97 Å². The van der Waals surface area contributed by atoms with Gasteiger partial charge in [-0.3, -0.25) is 0 Å². The highest BCUT2D eigenvalue weighted by molar-refractivity contribution is 5.82. The van der Waals surface area contributed by atoms with Gasteiger partial charge in [-0.2, -0.15) is 18.2 Å². The molecule has 1 heterocycles. The highest BCUT2D eigenvalue weighted by Crippen LogP contribution is 2.41. The number of halogens is 3. The third kappa shape index (κ3) is 1.87. The molecule has 0 saturated heterocycles. The minimum absolute atomic E-state index is 0.107. The van der Waals surface area contributed by atoms with Crippen LogP contribution in [0.3, 0.4) is 0 Å². The Morgan fingerprint density at radius 1 is 1.28 bits per heavy atom. The Morgan fingerprint density at radius 2 is 2.00 bits per heavy atom. The van der Waals surface area contributed by atoms with Crippen molar-refractivity contribution in [3.63, 3.8) is 0 Å². The van der Waals surface area contributed by atoms with Crippen molar-refractivity contribution in [1.82, 2.24) is 9.97 Å². The molecule has 0 radical (unpaired) electrons. The smallest absolute Gasteiger partial charge is 0.309 e. The molecule has 1 aromatic carbocycles. The second-order valence-corrected chi connectivity index (χ2v) is 4.46. The van der Waals surface area contributed by atoms with Crippen molar-refractivity contribution in [2.75, 3.05) is 0 Å². The lowest BCUT2D eigenvalue weighted by Crippen LogP contribution is -2.14. The predicted molar refractivity (Wildman–Crippen MR) is 59.3 cm³/mol. The van der Waals surface area contributed by atoms with E-state index in [-0.39, 0.29) is 11.4 Å². The maximum atomic E-state index is 12.6. The Hall–Kier alpha value is -1.85. The zero-order chi connectivity index (χ0) is 12.9. The van der Waals surface area contributed by atoms with Gasteiger partial charge in [-0.15, -0.1) is 0 Å². The molecule has 0 aliphatic heterocycles. The fourth-order valence-electron chi connectivity index (χ4n) is 2.04. The van der Waals surface area contributed by atoms with E-state index in [0.29, 0.717) is 11.1 Å². The third-order valence-corrected chi connectivity index (χ3v) is 3.06. The van der Waals surface area contributed by atoms with Gasteiger partial charge in [-0.05, 0) is 30.9 Å². The van der Waals surface area contributed by atoms with Gasteiger partial charge in [0.15, 0.2) is 0 Å². The van der Waals surface area contributed by atoms with Crippen molar-refractivity contribution in [2.45, 2.75) is 24.9 Å². The number of rotatable bonds is 1. The van der Waals surface area contributed by atoms with E-state index in [4.69, 9.17) is 0 Å². The Kier molecular flexibility index (Phi) is 2.23. The quantitative estimate of drug-likeness (QED) is 0.850. The average molecular weight is 254 g/mol. The van der Waals surface area contributed by atoms with Crippen LogP contribution in [0.15, 0.2) is 23.0 Å². The highest BCUT2D eigenvalue weighted by Gasteiger charge is 2.32. The summed E-state index contributed by atoms with van der Waals surface area (Å²) in [5, 5.41) is 0.602. The van der Waals surface area contributed by atoms with Crippen molar-refractivity contribution >= 4 is 10.9 Å². The van der Waals surface area contributed by atoms with Gasteiger partial charge >= 0.3 is 11.9 Å². The summed E-state index contributed by atoms with van der Waals surface area (Å²) in [4.78, 5) is 17.6. The van der Waals surface area contributed by atoms with Gasteiger partial charge < -0.3 is 4.98 Å². The fourth-order valence-corrected chi connectivity index (χ4v) is 2.04. The van der Waals surface area contributed by atoms with E-state index in [1.165, 1.54) is 6.07 Å². The van der Waals surface area contributed by atoms with E-state index in [2.05, 4.69) is 9.97 Å². The molecule has 1 aromatic heterocycles. The molecular formula is C12H9F3N2O. The number of aromatic nitrogens is 2. The van der Waals surface area contributed by atoms with Crippen LogP contribution in [0, 0.1) is 0 Å². The maximum Gasteiger partial charge on any atom is 0.416 e. The van der Waals surface area contributed by atoms with Gasteiger partial charge in [0, 0.05) is 11.1 Å². The summed E-state index contributed by atoms with van der Waals surface area (Å²) < 4.78 is 37.7. The molecule has 0 amide bonds. The van der Waals surface area contributed by atoms with E-state index in [9.17, 15) is 18.0 Å². The molecule has 3 rings (SSSR count). The average Bonchev–Trinajstić information content (AvgIpc) is 3.09. The minimum atomic E-state index is -4.42. The SMILES string of the molecule is O=c1nc2cc(C(F)(F)F)ccc2c(C2CC2)[nH]1. The van der Waals surface area contributed by atoms with E-state index < -0.39 is 17.4 Å². The first-order chi connectivity index (χ1) is 8.45. The second kappa shape index (κ2) is 3.57. The van der Waals surface area contributed by atoms with Gasteiger partial charge in [0.1, 0.15) is 0 Å². The van der Waals surface area contributed by atoms with Gasteiger partial charge in [0.05, 0.1) is 11.1 Å². The number of H-pyrrole nitrogens is 1. The van der Waals surface area contributed by atoms with Crippen molar-refractivity contribution in [1.29, 1.82) is 0 Å². The molecule has 2 aromatic rings. The largest absolute Gasteiger partial charge is 0.416 e. The van der Waals surface area contributed by atoms with Gasteiger partial charge in [-0.25, -0.2) is 4.79 Å². The molecule has 0 unspecified atom stereocenters. The Balaban J connectivity index is 2.26. The highest BCUT2D eigenvalue weighted by atomic mass is 19.4. The van der Waals surface area contributed by atoms with Crippen molar-refractivity contribution in [3.05, 3.63) is 39.9 Å². The molecule has 1 aliphatic carbocycles. The first-order valence-corrected chi connectivity index (χ1v) is 5.56. The lowest BCUT2D eigenvalue weighted by atomic mass is 10.1. The molecule has 6 heteroatoms. The van der Waals surface area contributed by atoms with Crippen LogP contribution < -0.4 is 5.69 Å². The zero-order valence-corrected chi connectivity index (χ0v) is 9.21. The van der Waals surface area contributed by atoms with Crippen LogP contribution in [0.5, 0.6) is 0 Å². The normalized spacial score (nSPS) is 16.2. The molecule has 3 nitrogen and oxygen atoms in total. The van der Waals surface area contributed by atoms with Crippen LogP contribution in [0.2, 0.25) is 0 Å². The Labute approximate surface area is 99.7 Å². The number of fused-ring (bicyclic) bond motifs is 1. The topological polar surface area (TPSA) is 45.8 Å². The molecule has 0 atom stereocenters. The monoisotopic (exact) mass is 254 g/mol. The summed E-state index contributed by atoms with van der Waals surface area (Å²) in [6.07, 6.45) is -2.51. The predicted octanol–water partition coefficient (Wildman–Crippen LogP) is 2.82. The summed E-state index contributed by atoms with van der Waals surface area (Å²) in [5.74, 6) is 0.250. The molecule has 1 saturated carbocycles. The molecule has 1 aliphatic rings. The first-order valence-electron chi connectivity index (χ1n) is 5.56. The van der Waals surface area contributed by atoms with Crippen molar-refractivity contribution < 1.29 is 13.2 Å². The molecule has 0 spiro atoms. The number of nitrogens with zero attached hydrogens (tertiary/aromatic N) is 1. The summed E-state index contributed by atoms with van der Waals surface area (Å²) in [6, 6.07) is 3.33. The summed E-state index contributed by atoms with van der Waals surface area (Å²) in [7, 11) is 0. The standard InChI is InChI=1S/C12H9F3N2O/c13-12(14,15)7-3-4-8-9(5-7)16-11(18)17-10(8)6-1-2-6/h3-6H,1-2H2,(H,16,17,18). The van der Waals surface area contributed by atoms with Crippen LogP contribution in [-0.2, 0) is 6.18 Å². The first kappa shape index (κ1) is 11.3.